The first-order chi connectivity index (χ1) is 22.9. The van der Waals surface area contributed by atoms with Crippen LogP contribution in [-0.2, 0) is 18.3 Å². The Morgan fingerprint density at radius 3 is 2.69 bits per heavy atom. The van der Waals surface area contributed by atoms with Crippen molar-refractivity contribution in [2.24, 2.45) is 0 Å². The summed E-state index contributed by atoms with van der Waals surface area (Å²) in [6.45, 7) is 9.54. The number of fused-ring (bicyclic) bond motifs is 6. The van der Waals surface area contributed by atoms with Crippen molar-refractivity contribution in [3.63, 3.8) is 0 Å². The summed E-state index contributed by atoms with van der Waals surface area (Å²) in [5, 5.41) is 32.6. The fraction of sp³-hybridized carbons (Fsp3) is 0.629. The summed E-state index contributed by atoms with van der Waals surface area (Å²) in [6, 6.07) is 2.79. The number of aromatic nitrogens is 5. The minimum atomic E-state index is -0.860. The Balaban J connectivity index is 1.23. The summed E-state index contributed by atoms with van der Waals surface area (Å²) in [6.07, 6.45) is 7.94. The van der Waals surface area contributed by atoms with Gasteiger partial charge in [0.25, 0.3) is 0 Å². The van der Waals surface area contributed by atoms with Crippen molar-refractivity contribution < 1.29 is 14.4 Å². The number of hydrogen-bond acceptors (Lipinski definition) is 12. The number of rotatable bonds is 3. The number of nitrogens with zero attached hydrogens (tertiary/aromatic N) is 8. The number of hydrogen-bond donors (Lipinski definition) is 2. The molecule has 13 heteroatoms. The number of ether oxygens (including phenoxy) is 1. The number of nitrogens with two attached hydrogens (primary N) is 1. The molecule has 3 aliphatic heterocycles. The van der Waals surface area contributed by atoms with Crippen LogP contribution in [0.4, 0.5) is 10.8 Å². The maximum atomic E-state index is 11.3. The van der Waals surface area contributed by atoms with Crippen LogP contribution in [0.1, 0.15) is 106 Å². The fourth-order valence-corrected chi connectivity index (χ4v) is 10.7. The molecule has 4 aromatic heterocycles. The molecule has 0 unspecified atom stereocenters. The molecule has 2 fully saturated rings. The lowest BCUT2D eigenvalue weighted by molar-refractivity contribution is -0.0495. The van der Waals surface area contributed by atoms with Crippen molar-refractivity contribution in [2.45, 2.75) is 120 Å². The van der Waals surface area contributed by atoms with Gasteiger partial charge in [-0.25, -0.2) is 14.6 Å². The Morgan fingerprint density at radius 2 is 1.94 bits per heavy atom. The largest absolute Gasteiger partial charge is 0.474 e. The third-order valence-electron chi connectivity index (χ3n) is 12.3. The summed E-state index contributed by atoms with van der Waals surface area (Å²) >= 11 is 1.54. The number of aliphatic hydroxyl groups is 1. The summed E-state index contributed by atoms with van der Waals surface area (Å²) in [7, 11) is 2.18. The first kappa shape index (κ1) is 30.3. The van der Waals surface area contributed by atoms with E-state index in [0.717, 1.165) is 79.5 Å². The lowest BCUT2D eigenvalue weighted by atomic mass is 9.63. The second-order valence-electron chi connectivity index (χ2n) is 15.8. The molecular weight excluding hydrogens is 627 g/mol. The van der Waals surface area contributed by atoms with Gasteiger partial charge in [0.05, 0.1) is 28.7 Å². The predicted octanol–water partition coefficient (Wildman–Crippen LogP) is 5.11. The smallest absolute Gasteiger partial charge is 0.246 e. The van der Waals surface area contributed by atoms with Crippen LogP contribution in [0.2, 0.25) is 0 Å². The van der Waals surface area contributed by atoms with Crippen molar-refractivity contribution in [2.75, 3.05) is 30.8 Å². The number of nitriles is 1. The van der Waals surface area contributed by atoms with Crippen LogP contribution < -0.4 is 15.4 Å². The van der Waals surface area contributed by atoms with E-state index in [2.05, 4.69) is 43.7 Å². The molecule has 3 N–H and O–H groups in total. The van der Waals surface area contributed by atoms with Crippen LogP contribution in [0.3, 0.4) is 0 Å². The van der Waals surface area contributed by atoms with E-state index in [4.69, 9.17) is 35.2 Å². The number of anilines is 2. The monoisotopic (exact) mass is 669 g/mol. The van der Waals surface area contributed by atoms with Gasteiger partial charge in [0, 0.05) is 28.6 Å². The van der Waals surface area contributed by atoms with E-state index in [1.807, 2.05) is 11.6 Å². The molecule has 5 aliphatic rings. The molecule has 2 saturated heterocycles. The molecule has 252 valence electrons. The van der Waals surface area contributed by atoms with E-state index in [9.17, 15) is 10.4 Å². The van der Waals surface area contributed by atoms with E-state index in [1.165, 1.54) is 4.88 Å². The summed E-state index contributed by atoms with van der Waals surface area (Å²) in [5.41, 5.74) is 9.24. The number of likely N-dealkylation sites (N-methyl/N-ethyl adjacent to an activating group) is 1. The van der Waals surface area contributed by atoms with Crippen LogP contribution in [0, 0.1) is 11.3 Å². The van der Waals surface area contributed by atoms with Gasteiger partial charge in [-0.2, -0.15) is 5.26 Å². The topological polar surface area (TPSA) is 155 Å². The van der Waals surface area contributed by atoms with Crippen molar-refractivity contribution >= 4 is 33.2 Å². The fourth-order valence-electron chi connectivity index (χ4n) is 9.50. The van der Waals surface area contributed by atoms with Gasteiger partial charge in [0.1, 0.15) is 28.9 Å². The quantitative estimate of drug-likeness (QED) is 0.299. The molecule has 5 atom stereocenters. The van der Waals surface area contributed by atoms with E-state index in [0.29, 0.717) is 53.2 Å². The van der Waals surface area contributed by atoms with Gasteiger partial charge in [0.15, 0.2) is 22.9 Å². The van der Waals surface area contributed by atoms with Gasteiger partial charge in [-0.1, -0.05) is 5.16 Å². The predicted molar refractivity (Wildman–Crippen MR) is 182 cm³/mol. The van der Waals surface area contributed by atoms with E-state index < -0.39 is 11.0 Å². The standard InChI is InChI=1S/C35H43N9O3S/c1-18(22-14-33(2,3)42(22)5)44-31-24-30(43-17-34(4,45)13-10-19(43)16-46-32(24)40-44)38-29(39-31)26-20-8-6-11-35(27(20)47-41-26)12-7-9-23-25(35)21(15-36)28(37)48-23/h18-19,22,45H,6-14,16-17,37H2,1-5H3/t18-,19+,22-,34+,35-/m0/s1. The molecule has 12 nitrogen and oxygen atoms in total. The molecule has 0 saturated carbocycles. The third kappa shape index (κ3) is 4.12. The molecule has 4 aromatic rings. The van der Waals surface area contributed by atoms with Gasteiger partial charge >= 0.3 is 0 Å². The molecule has 7 heterocycles. The van der Waals surface area contributed by atoms with Gasteiger partial charge in [0.2, 0.25) is 5.88 Å². The van der Waals surface area contributed by atoms with Gasteiger partial charge in [-0.05, 0) is 98.1 Å². The van der Waals surface area contributed by atoms with Crippen LogP contribution in [0.25, 0.3) is 22.6 Å². The van der Waals surface area contributed by atoms with Crippen LogP contribution in [-0.4, -0.2) is 78.3 Å². The van der Waals surface area contributed by atoms with Crippen LogP contribution in [0.15, 0.2) is 4.52 Å². The summed E-state index contributed by atoms with van der Waals surface area (Å²) in [4.78, 5) is 16.3. The molecule has 1 spiro atoms. The van der Waals surface area contributed by atoms with Gasteiger partial charge < -0.3 is 25.0 Å². The molecule has 0 aromatic carbocycles. The maximum absolute atomic E-state index is 11.3. The Morgan fingerprint density at radius 1 is 1.15 bits per heavy atom. The SMILES string of the molecule is C[C@@H]([C@@H]1CC(C)(C)N1C)n1nc2c3c(nc(-c4noc5c4CCC[C@@]54CCCc5sc(N)c(C#N)c54)nc31)N1C[C@](C)(O)CC[C@@H]1CO2. The van der Waals surface area contributed by atoms with Crippen LogP contribution in [0.5, 0.6) is 5.88 Å². The summed E-state index contributed by atoms with van der Waals surface area (Å²) in [5.74, 6) is 2.60. The molecule has 2 aliphatic carbocycles. The lowest BCUT2D eigenvalue weighted by Gasteiger charge is -2.55. The molecule has 0 amide bonds. The Bertz CT molecular complexity index is 2020. The normalized spacial score (nSPS) is 29.7. The van der Waals surface area contributed by atoms with Crippen molar-refractivity contribution in [3.05, 3.63) is 27.3 Å². The average Bonchev–Trinajstić information content (AvgIpc) is 3.73. The minimum absolute atomic E-state index is 0.0294. The van der Waals surface area contributed by atoms with Crippen molar-refractivity contribution in [1.29, 1.82) is 5.26 Å². The Kier molecular flexibility index (Phi) is 6.42. The zero-order chi connectivity index (χ0) is 33.3. The zero-order valence-electron chi connectivity index (χ0n) is 28.3. The highest BCUT2D eigenvalue weighted by molar-refractivity contribution is 7.16. The second kappa shape index (κ2) is 10.2. The Labute approximate surface area is 283 Å². The number of piperidine rings is 1. The molecule has 9 rings (SSSR count). The third-order valence-corrected chi connectivity index (χ3v) is 13.4. The summed E-state index contributed by atoms with van der Waals surface area (Å²) < 4.78 is 14.8. The first-order valence-electron chi connectivity index (χ1n) is 17.4. The number of thiophene rings is 1. The Hall–Kier alpha value is -3.73. The molecular formula is C35H43N9O3S. The highest BCUT2D eigenvalue weighted by atomic mass is 32.1. The first-order valence-corrected chi connectivity index (χ1v) is 18.2. The second-order valence-corrected chi connectivity index (χ2v) is 16.9. The van der Waals surface area contributed by atoms with E-state index >= 15 is 0 Å². The number of nitrogen functional groups attached to an aromatic ring is 1. The van der Waals surface area contributed by atoms with Gasteiger partial charge in [-0.15, -0.1) is 16.4 Å². The maximum Gasteiger partial charge on any atom is 0.246 e. The zero-order valence-corrected chi connectivity index (χ0v) is 29.2. The number of likely N-dealkylation sites (tertiary alicyclic amines) is 1. The average molecular weight is 670 g/mol. The highest BCUT2D eigenvalue weighted by Gasteiger charge is 2.50. The highest BCUT2D eigenvalue weighted by Crippen LogP contribution is 2.55. The van der Waals surface area contributed by atoms with Crippen LogP contribution >= 0.6 is 11.3 Å². The van der Waals surface area contributed by atoms with Gasteiger partial charge in [-0.3, -0.25) is 4.90 Å². The minimum Gasteiger partial charge on any atom is -0.474 e. The lowest BCUT2D eigenvalue weighted by Crippen LogP contribution is -2.62. The van der Waals surface area contributed by atoms with E-state index in [-0.39, 0.29) is 23.7 Å². The molecule has 48 heavy (non-hydrogen) atoms. The van der Waals surface area contributed by atoms with Crippen molar-refractivity contribution in [1.82, 2.24) is 29.8 Å². The molecule has 0 radical (unpaired) electrons. The molecule has 0 bridgehead atoms. The number of aryl methyl sites for hydroxylation is 1. The van der Waals surface area contributed by atoms with Crippen molar-refractivity contribution in [3.8, 4) is 23.5 Å². The van der Waals surface area contributed by atoms with E-state index in [1.54, 1.807) is 11.3 Å².